The SMILES string of the molecule is CC(O)C(NC(=O)C(Cc1c[nH]c2ccccc12)NC(=O)C(Cc1ccc(O)cc1)NC(=O)C(N)CC(=O)O)C(=O)O. The minimum absolute atomic E-state index is 0.0335. The van der Waals surface area contributed by atoms with Gasteiger partial charge in [-0.15, -0.1) is 0 Å². The summed E-state index contributed by atoms with van der Waals surface area (Å²) in [7, 11) is 0. The van der Waals surface area contributed by atoms with Crippen molar-refractivity contribution < 1.29 is 44.4 Å². The number of aromatic amines is 1. The third-order valence-electron chi connectivity index (χ3n) is 6.52. The average Bonchev–Trinajstić information content (AvgIpc) is 3.33. The first-order chi connectivity index (χ1) is 19.8. The van der Waals surface area contributed by atoms with Crippen molar-refractivity contribution in [3.8, 4) is 5.75 Å². The van der Waals surface area contributed by atoms with E-state index < -0.39 is 66.4 Å². The van der Waals surface area contributed by atoms with Crippen LogP contribution in [-0.4, -0.2) is 85.3 Å². The number of hydrogen-bond acceptors (Lipinski definition) is 8. The first-order valence-electron chi connectivity index (χ1n) is 13.0. The van der Waals surface area contributed by atoms with E-state index in [1.165, 1.54) is 31.2 Å². The van der Waals surface area contributed by atoms with Crippen LogP contribution in [0, 0.1) is 0 Å². The number of rotatable bonds is 14. The second kappa shape index (κ2) is 14.1. The topological polar surface area (TPSA) is 244 Å². The predicted molar refractivity (Wildman–Crippen MR) is 149 cm³/mol. The number of nitrogens with two attached hydrogens (primary N) is 1. The number of benzene rings is 2. The summed E-state index contributed by atoms with van der Waals surface area (Å²) >= 11 is 0. The number of aliphatic carboxylic acids is 2. The Labute approximate surface area is 239 Å². The van der Waals surface area contributed by atoms with Crippen LogP contribution in [-0.2, 0) is 36.8 Å². The molecule has 0 saturated carbocycles. The molecule has 0 spiro atoms. The number of fused-ring (bicyclic) bond motifs is 1. The van der Waals surface area contributed by atoms with Gasteiger partial charge in [-0.25, -0.2) is 4.79 Å². The summed E-state index contributed by atoms with van der Waals surface area (Å²) in [5, 5.41) is 45.9. The fourth-order valence-corrected chi connectivity index (χ4v) is 4.28. The van der Waals surface area contributed by atoms with Crippen LogP contribution in [0.4, 0.5) is 0 Å². The number of hydrogen-bond donors (Lipinski definition) is 9. The molecule has 14 heteroatoms. The third kappa shape index (κ3) is 8.52. The van der Waals surface area contributed by atoms with E-state index in [9.17, 15) is 39.3 Å². The van der Waals surface area contributed by atoms with Gasteiger partial charge in [-0.3, -0.25) is 19.2 Å². The summed E-state index contributed by atoms with van der Waals surface area (Å²) < 4.78 is 0. The number of aliphatic hydroxyl groups is 1. The molecule has 0 aliphatic heterocycles. The van der Waals surface area contributed by atoms with Gasteiger partial charge in [0.1, 0.15) is 17.8 Å². The van der Waals surface area contributed by atoms with Gasteiger partial charge in [-0.05, 0) is 36.2 Å². The summed E-state index contributed by atoms with van der Waals surface area (Å²) in [5.74, 6) is -5.51. The van der Waals surface area contributed by atoms with E-state index in [1.54, 1.807) is 24.4 Å². The Morgan fingerprint density at radius 2 is 1.45 bits per heavy atom. The number of carbonyl (C=O) groups excluding carboxylic acids is 3. The van der Waals surface area contributed by atoms with E-state index in [2.05, 4.69) is 20.9 Å². The Bertz CT molecular complexity index is 1440. The van der Waals surface area contributed by atoms with Crippen molar-refractivity contribution in [2.24, 2.45) is 5.73 Å². The molecule has 0 aliphatic rings. The summed E-state index contributed by atoms with van der Waals surface area (Å²) in [5.41, 5.74) is 7.57. The number of aromatic nitrogens is 1. The summed E-state index contributed by atoms with van der Waals surface area (Å²) in [6.45, 7) is 1.19. The number of para-hydroxylation sites is 1. The Morgan fingerprint density at radius 3 is 2.07 bits per heavy atom. The van der Waals surface area contributed by atoms with Crippen molar-refractivity contribution in [3.05, 3.63) is 65.9 Å². The van der Waals surface area contributed by atoms with E-state index in [1.807, 2.05) is 6.07 Å². The molecule has 0 saturated heterocycles. The molecule has 10 N–H and O–H groups in total. The van der Waals surface area contributed by atoms with Crippen LogP contribution >= 0.6 is 0 Å². The third-order valence-corrected chi connectivity index (χ3v) is 6.52. The van der Waals surface area contributed by atoms with E-state index in [0.29, 0.717) is 11.1 Å². The highest BCUT2D eigenvalue weighted by Gasteiger charge is 2.33. The summed E-state index contributed by atoms with van der Waals surface area (Å²) in [6.07, 6.45) is -0.716. The van der Waals surface area contributed by atoms with Crippen molar-refractivity contribution in [3.63, 3.8) is 0 Å². The van der Waals surface area contributed by atoms with E-state index in [-0.39, 0.29) is 18.6 Å². The number of carboxylic acid groups (broad SMARTS) is 2. The van der Waals surface area contributed by atoms with Crippen molar-refractivity contribution >= 4 is 40.6 Å². The first-order valence-corrected chi connectivity index (χ1v) is 13.0. The lowest BCUT2D eigenvalue weighted by molar-refractivity contribution is -0.145. The molecule has 14 nitrogen and oxygen atoms in total. The van der Waals surface area contributed by atoms with Crippen molar-refractivity contribution in [1.29, 1.82) is 0 Å². The summed E-state index contributed by atoms with van der Waals surface area (Å²) in [4.78, 5) is 65.3. The van der Waals surface area contributed by atoms with E-state index in [0.717, 1.165) is 10.9 Å². The molecule has 1 heterocycles. The number of aromatic hydroxyl groups is 1. The number of amides is 3. The molecule has 0 aliphatic carbocycles. The fourth-order valence-electron chi connectivity index (χ4n) is 4.28. The van der Waals surface area contributed by atoms with Crippen molar-refractivity contribution in [1.82, 2.24) is 20.9 Å². The molecular formula is C28H33N5O9. The van der Waals surface area contributed by atoms with Gasteiger partial charge in [0.15, 0.2) is 6.04 Å². The maximum Gasteiger partial charge on any atom is 0.328 e. The number of nitrogens with one attached hydrogen (secondary N) is 4. The van der Waals surface area contributed by atoms with Crippen LogP contribution in [0.3, 0.4) is 0 Å². The van der Waals surface area contributed by atoms with Crippen LogP contribution in [0.15, 0.2) is 54.7 Å². The van der Waals surface area contributed by atoms with Gasteiger partial charge in [-0.2, -0.15) is 0 Å². The number of carboxylic acids is 2. The van der Waals surface area contributed by atoms with E-state index >= 15 is 0 Å². The smallest absolute Gasteiger partial charge is 0.328 e. The minimum atomic E-state index is -1.67. The highest BCUT2D eigenvalue weighted by Crippen LogP contribution is 2.20. The molecule has 5 unspecified atom stereocenters. The fraction of sp³-hybridized carbons (Fsp3) is 0.321. The number of H-pyrrole nitrogens is 1. The standard InChI is InChI=1S/C28H33N5O9/c1-14(34)24(28(41)42)33-27(40)22(11-16-13-30-20-5-3-2-4-18(16)20)32-26(39)21(10-15-6-8-17(35)9-7-15)31-25(38)19(29)12-23(36)37/h2-9,13-14,19,21-22,24,30,34-35H,10-12,29H2,1H3,(H,31,38)(H,32,39)(H,33,40)(H,36,37)(H,41,42). The Kier molecular flexibility index (Phi) is 10.6. The minimum Gasteiger partial charge on any atom is -0.508 e. The molecule has 224 valence electrons. The Balaban J connectivity index is 1.91. The summed E-state index contributed by atoms with van der Waals surface area (Å²) in [6, 6.07) is 7.13. The Morgan fingerprint density at radius 1 is 0.857 bits per heavy atom. The number of phenolic OH excluding ortho intramolecular Hbond substituents is 1. The van der Waals surface area contributed by atoms with Crippen LogP contribution in [0.2, 0.25) is 0 Å². The number of aliphatic hydroxyl groups excluding tert-OH is 1. The maximum absolute atomic E-state index is 13.6. The van der Waals surface area contributed by atoms with Gasteiger partial charge in [-0.1, -0.05) is 30.3 Å². The van der Waals surface area contributed by atoms with Gasteiger partial charge in [0.05, 0.1) is 18.6 Å². The van der Waals surface area contributed by atoms with Gasteiger partial charge < -0.3 is 47.1 Å². The average molecular weight is 584 g/mol. The van der Waals surface area contributed by atoms with Crippen LogP contribution in [0.25, 0.3) is 10.9 Å². The van der Waals surface area contributed by atoms with Gasteiger partial charge in [0.2, 0.25) is 17.7 Å². The molecular weight excluding hydrogens is 550 g/mol. The van der Waals surface area contributed by atoms with Crippen LogP contribution in [0.1, 0.15) is 24.5 Å². The molecule has 1 aromatic heterocycles. The predicted octanol–water partition coefficient (Wildman–Crippen LogP) is -0.619. The van der Waals surface area contributed by atoms with Gasteiger partial charge >= 0.3 is 11.9 Å². The molecule has 0 fully saturated rings. The molecule has 5 atom stereocenters. The largest absolute Gasteiger partial charge is 0.508 e. The van der Waals surface area contributed by atoms with Gasteiger partial charge in [0, 0.05) is 29.9 Å². The zero-order valence-electron chi connectivity index (χ0n) is 22.6. The lowest BCUT2D eigenvalue weighted by atomic mass is 10.0. The zero-order valence-corrected chi connectivity index (χ0v) is 22.6. The quantitative estimate of drug-likeness (QED) is 0.116. The second-order valence-electron chi connectivity index (χ2n) is 9.83. The molecule has 0 bridgehead atoms. The maximum atomic E-state index is 13.6. The number of phenols is 1. The van der Waals surface area contributed by atoms with Crippen molar-refractivity contribution in [2.75, 3.05) is 0 Å². The number of carbonyl (C=O) groups is 5. The lowest BCUT2D eigenvalue weighted by Gasteiger charge is -2.26. The highest BCUT2D eigenvalue weighted by atomic mass is 16.4. The monoisotopic (exact) mass is 583 g/mol. The molecule has 3 rings (SSSR count). The molecule has 42 heavy (non-hydrogen) atoms. The normalized spacial score (nSPS) is 14.6. The first kappa shape index (κ1) is 31.6. The Hall–Kier alpha value is -4.95. The molecule has 3 amide bonds. The second-order valence-corrected chi connectivity index (χ2v) is 9.83. The van der Waals surface area contributed by atoms with Crippen LogP contribution in [0.5, 0.6) is 5.75 Å². The molecule has 3 aromatic rings. The van der Waals surface area contributed by atoms with E-state index in [4.69, 9.17) is 10.8 Å². The van der Waals surface area contributed by atoms with Crippen LogP contribution < -0.4 is 21.7 Å². The highest BCUT2D eigenvalue weighted by molar-refractivity contribution is 5.95. The zero-order chi connectivity index (χ0) is 31.0. The van der Waals surface area contributed by atoms with Gasteiger partial charge in [0.25, 0.3) is 0 Å². The lowest BCUT2D eigenvalue weighted by Crippen LogP contribution is -2.59. The molecule has 0 radical (unpaired) electrons. The molecule has 2 aromatic carbocycles. The van der Waals surface area contributed by atoms with Crippen molar-refractivity contribution in [2.45, 2.75) is 56.5 Å².